The highest BCUT2D eigenvalue weighted by molar-refractivity contribution is 6.31. The van der Waals surface area contributed by atoms with Crippen LogP contribution in [0, 0.1) is 0 Å². The molecule has 0 aliphatic rings. The molecule has 0 atom stereocenters. The van der Waals surface area contributed by atoms with Gasteiger partial charge in [0.1, 0.15) is 11.3 Å². The Hall–Kier alpha value is -3.32. The van der Waals surface area contributed by atoms with Crippen molar-refractivity contribution >= 4 is 45.8 Å². The summed E-state index contributed by atoms with van der Waals surface area (Å²) in [5, 5.41) is 4.22. The molecule has 0 saturated carbocycles. The third kappa shape index (κ3) is 4.09. The van der Waals surface area contributed by atoms with Crippen molar-refractivity contribution in [2.24, 2.45) is 0 Å². The van der Waals surface area contributed by atoms with Crippen LogP contribution in [0.3, 0.4) is 0 Å². The molecule has 3 aromatic rings. The summed E-state index contributed by atoms with van der Waals surface area (Å²) < 4.78 is 15.4. The number of methoxy groups -OCH3 is 2. The molecular weight excluding hydrogens is 396 g/mol. The summed E-state index contributed by atoms with van der Waals surface area (Å²) in [6, 6.07) is 10.1. The van der Waals surface area contributed by atoms with Crippen LogP contribution in [0.2, 0.25) is 5.02 Å². The first-order valence-corrected chi connectivity index (χ1v) is 9.15. The van der Waals surface area contributed by atoms with Crippen molar-refractivity contribution in [2.45, 2.75) is 6.92 Å². The largest absolute Gasteiger partial charge is 0.495 e. The average Bonchev–Trinajstić information content (AvgIpc) is 2.73. The zero-order valence-electron chi connectivity index (χ0n) is 16.1. The van der Waals surface area contributed by atoms with Crippen LogP contribution in [-0.2, 0) is 9.47 Å². The molecule has 0 bridgehead atoms. The van der Waals surface area contributed by atoms with Gasteiger partial charge < -0.3 is 19.5 Å². The fraction of sp³-hybridized carbons (Fsp3) is 0.190. The lowest BCUT2D eigenvalue weighted by molar-refractivity contribution is 0.0526. The van der Waals surface area contributed by atoms with E-state index in [4.69, 9.17) is 25.8 Å². The molecule has 0 aliphatic carbocycles. The van der Waals surface area contributed by atoms with E-state index in [-0.39, 0.29) is 17.7 Å². The van der Waals surface area contributed by atoms with E-state index in [1.54, 1.807) is 43.3 Å². The molecule has 2 aromatic carbocycles. The molecule has 1 aromatic heterocycles. The van der Waals surface area contributed by atoms with Crippen molar-refractivity contribution in [3.8, 4) is 5.75 Å². The molecular formula is C21H19ClN2O5. The Morgan fingerprint density at radius 2 is 1.90 bits per heavy atom. The molecule has 0 fully saturated rings. The number of esters is 2. The van der Waals surface area contributed by atoms with Crippen molar-refractivity contribution in [3.63, 3.8) is 0 Å². The van der Waals surface area contributed by atoms with Gasteiger partial charge >= 0.3 is 11.9 Å². The van der Waals surface area contributed by atoms with Gasteiger partial charge in [0.05, 0.1) is 43.3 Å². The third-order valence-electron chi connectivity index (χ3n) is 4.22. The molecule has 7 nitrogen and oxygen atoms in total. The number of aromatic nitrogens is 1. The quantitative estimate of drug-likeness (QED) is 0.589. The Morgan fingerprint density at radius 1 is 1.10 bits per heavy atom. The molecule has 0 unspecified atom stereocenters. The van der Waals surface area contributed by atoms with Crippen molar-refractivity contribution in [2.75, 3.05) is 26.1 Å². The van der Waals surface area contributed by atoms with Crippen molar-refractivity contribution in [1.29, 1.82) is 0 Å². The summed E-state index contributed by atoms with van der Waals surface area (Å²) >= 11 is 6.14. The van der Waals surface area contributed by atoms with E-state index in [1.807, 2.05) is 0 Å². The number of anilines is 2. The third-order valence-corrected chi connectivity index (χ3v) is 4.45. The van der Waals surface area contributed by atoms with Crippen LogP contribution in [0.15, 0.2) is 42.6 Å². The molecule has 0 radical (unpaired) electrons. The van der Waals surface area contributed by atoms with Gasteiger partial charge in [-0.25, -0.2) is 9.59 Å². The van der Waals surface area contributed by atoms with Gasteiger partial charge in [-0.3, -0.25) is 4.98 Å². The maximum atomic E-state index is 12.5. The number of rotatable bonds is 6. The lowest BCUT2D eigenvalue weighted by Crippen LogP contribution is -2.11. The summed E-state index contributed by atoms with van der Waals surface area (Å²) in [7, 11) is 2.82. The van der Waals surface area contributed by atoms with Gasteiger partial charge in [0.25, 0.3) is 0 Å². The van der Waals surface area contributed by atoms with E-state index in [2.05, 4.69) is 10.3 Å². The normalized spacial score (nSPS) is 10.5. The van der Waals surface area contributed by atoms with Gasteiger partial charge in [0, 0.05) is 16.6 Å². The monoisotopic (exact) mass is 414 g/mol. The second-order valence-electron chi connectivity index (χ2n) is 5.93. The molecule has 8 heteroatoms. The second kappa shape index (κ2) is 8.79. The number of carbonyl (C=O) groups is 2. The Kier molecular flexibility index (Phi) is 6.19. The van der Waals surface area contributed by atoms with Crippen LogP contribution in [0.4, 0.5) is 11.4 Å². The Labute approximate surface area is 172 Å². The smallest absolute Gasteiger partial charge is 0.341 e. The fourth-order valence-corrected chi connectivity index (χ4v) is 3.08. The van der Waals surface area contributed by atoms with Crippen LogP contribution < -0.4 is 10.1 Å². The van der Waals surface area contributed by atoms with E-state index < -0.39 is 11.9 Å². The number of carbonyl (C=O) groups excluding carboxylic acids is 2. The number of hydrogen-bond donors (Lipinski definition) is 1. The van der Waals surface area contributed by atoms with E-state index in [0.29, 0.717) is 33.0 Å². The van der Waals surface area contributed by atoms with Crippen molar-refractivity contribution in [3.05, 3.63) is 58.7 Å². The molecule has 0 spiro atoms. The predicted octanol–water partition coefficient (Wildman–Crippen LogP) is 4.60. The highest BCUT2D eigenvalue weighted by Crippen LogP contribution is 2.36. The fourth-order valence-electron chi connectivity index (χ4n) is 2.91. The van der Waals surface area contributed by atoms with Crippen LogP contribution in [0.25, 0.3) is 10.9 Å². The first-order valence-electron chi connectivity index (χ1n) is 8.77. The Balaban J connectivity index is 2.26. The molecule has 0 saturated heterocycles. The SMILES string of the molecule is CCOC(=O)c1cnc2c(C(=O)OC)cccc2c1Nc1cc(Cl)ccc1OC. The standard InChI is InChI=1S/C21H19ClN2O5/c1-4-29-21(26)15-11-23-18-13(6-5-7-14(18)20(25)28-3)19(15)24-16-10-12(22)8-9-17(16)27-2/h5-11H,4H2,1-3H3,(H,23,24). The van der Waals surface area contributed by atoms with E-state index in [0.717, 1.165) is 0 Å². The number of ether oxygens (including phenoxy) is 3. The number of fused-ring (bicyclic) bond motifs is 1. The topological polar surface area (TPSA) is 86.8 Å². The molecule has 1 heterocycles. The van der Waals surface area contributed by atoms with Gasteiger partial charge in [-0.2, -0.15) is 0 Å². The van der Waals surface area contributed by atoms with Crippen LogP contribution in [-0.4, -0.2) is 37.7 Å². The van der Waals surface area contributed by atoms with Gasteiger partial charge in [-0.05, 0) is 31.2 Å². The van der Waals surface area contributed by atoms with Gasteiger partial charge in [0.2, 0.25) is 0 Å². The summed E-state index contributed by atoms with van der Waals surface area (Å²) in [6.07, 6.45) is 1.37. The summed E-state index contributed by atoms with van der Waals surface area (Å²) in [5.74, 6) is -0.551. The van der Waals surface area contributed by atoms with Crippen LogP contribution in [0.1, 0.15) is 27.6 Å². The van der Waals surface area contributed by atoms with E-state index >= 15 is 0 Å². The summed E-state index contributed by atoms with van der Waals surface area (Å²) in [5.41, 5.74) is 1.84. The molecule has 150 valence electrons. The first kappa shape index (κ1) is 20.4. The average molecular weight is 415 g/mol. The number of halogens is 1. The minimum Gasteiger partial charge on any atom is -0.495 e. The predicted molar refractivity (Wildman–Crippen MR) is 110 cm³/mol. The molecule has 0 amide bonds. The van der Waals surface area contributed by atoms with Crippen molar-refractivity contribution in [1.82, 2.24) is 4.98 Å². The molecule has 1 N–H and O–H groups in total. The van der Waals surface area contributed by atoms with Crippen LogP contribution >= 0.6 is 11.6 Å². The first-order chi connectivity index (χ1) is 14.0. The number of hydrogen-bond acceptors (Lipinski definition) is 7. The zero-order valence-corrected chi connectivity index (χ0v) is 16.9. The van der Waals surface area contributed by atoms with E-state index in [9.17, 15) is 9.59 Å². The van der Waals surface area contributed by atoms with Crippen molar-refractivity contribution < 1.29 is 23.8 Å². The number of para-hydroxylation sites is 1. The van der Waals surface area contributed by atoms with Gasteiger partial charge in [0.15, 0.2) is 0 Å². The lowest BCUT2D eigenvalue weighted by atomic mass is 10.0. The van der Waals surface area contributed by atoms with Crippen LogP contribution in [0.5, 0.6) is 5.75 Å². The molecule has 0 aliphatic heterocycles. The Morgan fingerprint density at radius 3 is 2.59 bits per heavy atom. The summed E-state index contributed by atoms with van der Waals surface area (Å²) in [6.45, 7) is 1.92. The minimum atomic E-state index is -0.547. The highest BCUT2D eigenvalue weighted by atomic mass is 35.5. The lowest BCUT2D eigenvalue weighted by Gasteiger charge is -2.17. The maximum absolute atomic E-state index is 12.5. The number of benzene rings is 2. The number of nitrogens with zero attached hydrogens (tertiary/aromatic N) is 1. The second-order valence-corrected chi connectivity index (χ2v) is 6.37. The zero-order chi connectivity index (χ0) is 21.0. The maximum Gasteiger partial charge on any atom is 0.341 e. The molecule has 29 heavy (non-hydrogen) atoms. The molecule has 3 rings (SSSR count). The minimum absolute atomic E-state index is 0.207. The Bertz CT molecular complexity index is 1080. The van der Waals surface area contributed by atoms with E-state index in [1.165, 1.54) is 20.4 Å². The summed E-state index contributed by atoms with van der Waals surface area (Å²) in [4.78, 5) is 29.0. The number of nitrogens with one attached hydrogen (secondary N) is 1. The highest BCUT2D eigenvalue weighted by Gasteiger charge is 2.21. The van der Waals surface area contributed by atoms with Gasteiger partial charge in [-0.15, -0.1) is 0 Å². The van der Waals surface area contributed by atoms with Gasteiger partial charge in [-0.1, -0.05) is 23.7 Å². The number of pyridine rings is 1.